The highest BCUT2D eigenvalue weighted by Crippen LogP contribution is 1.79. The molecule has 0 amide bonds. The fraction of sp³-hybridized carbons (Fsp3) is 0.750. The van der Waals surface area contributed by atoms with Gasteiger partial charge in [-0.05, 0) is 13.3 Å². The highest BCUT2D eigenvalue weighted by atomic mass is 16.3. The Bertz CT molecular complexity index is 17.6. The monoisotopic (exact) mass is 73.1 g/mol. The zero-order valence-electron chi connectivity index (χ0n) is 3.60. The molecule has 0 fully saturated rings. The molecule has 5 heavy (non-hydrogen) atoms. The second-order valence-corrected chi connectivity index (χ2v) is 1.07. The van der Waals surface area contributed by atoms with Crippen molar-refractivity contribution in [2.24, 2.45) is 0 Å². The van der Waals surface area contributed by atoms with Crippen LogP contribution in [-0.2, 0) is 0 Å². The van der Waals surface area contributed by atoms with Crippen LogP contribution in [0.1, 0.15) is 13.8 Å². The number of hydrogen-bond donors (Lipinski definition) is 1. The molecule has 0 heterocycles. The molecule has 0 spiro atoms. The Morgan fingerprint density at radius 3 is 2.00 bits per heavy atom. The number of hydrogen-bond acceptors (Lipinski definition) is 1. The molecule has 1 N–H and O–H groups in total. The van der Waals surface area contributed by atoms with Crippen molar-refractivity contribution >= 4 is 0 Å². The molecule has 31 valence electrons. The van der Waals surface area contributed by atoms with Crippen molar-refractivity contribution < 1.29 is 5.11 Å². The molecule has 1 nitrogen and oxygen atoms in total. The van der Waals surface area contributed by atoms with Crippen LogP contribution in [0.2, 0.25) is 0 Å². The maximum Gasteiger partial charge on any atom is 0.0541 e. The number of aliphatic hydroxyl groups excluding tert-OH is 1. The lowest BCUT2D eigenvalue weighted by Crippen LogP contribution is -1.94. The fourth-order valence-corrected chi connectivity index (χ4v) is 0. The Kier molecular flexibility index (Phi) is 2.19. The van der Waals surface area contributed by atoms with E-state index in [0.29, 0.717) is 0 Å². The van der Waals surface area contributed by atoms with E-state index in [4.69, 9.17) is 5.11 Å². The van der Waals surface area contributed by atoms with E-state index in [1.807, 2.05) is 6.92 Å². The average molecular weight is 73.1 g/mol. The molecule has 0 aliphatic carbocycles. The predicted octanol–water partition coefficient (Wildman–Crippen LogP) is 0.591. The van der Waals surface area contributed by atoms with Gasteiger partial charge in [-0.1, -0.05) is 6.92 Å². The molecule has 0 saturated carbocycles. The van der Waals surface area contributed by atoms with Gasteiger partial charge >= 0.3 is 0 Å². The lowest BCUT2D eigenvalue weighted by Gasteiger charge is -1.90. The van der Waals surface area contributed by atoms with Crippen LogP contribution in [0.4, 0.5) is 0 Å². The van der Waals surface area contributed by atoms with E-state index in [1.54, 1.807) is 13.3 Å². The normalized spacial score (nSPS) is 15.0. The zero-order chi connectivity index (χ0) is 4.28. The Hall–Kier alpha value is -0.0400. The minimum Gasteiger partial charge on any atom is -0.393 e. The molecular formula is C4H9O. The Morgan fingerprint density at radius 2 is 2.00 bits per heavy atom. The largest absolute Gasteiger partial charge is 0.393 e. The highest BCUT2D eigenvalue weighted by molar-refractivity contribution is 4.60. The zero-order valence-corrected chi connectivity index (χ0v) is 3.60. The van der Waals surface area contributed by atoms with Crippen molar-refractivity contribution in [1.82, 2.24) is 0 Å². The standard InChI is InChI=1S/C4H9O/c1-3-4(2)5/h3-5H,1-2H3/t4-/m1/s1. The van der Waals surface area contributed by atoms with Crippen molar-refractivity contribution in [2.45, 2.75) is 20.0 Å². The second-order valence-electron chi connectivity index (χ2n) is 1.07. The van der Waals surface area contributed by atoms with E-state index < -0.39 is 0 Å². The molecule has 0 aromatic heterocycles. The van der Waals surface area contributed by atoms with Gasteiger partial charge in [0, 0.05) is 0 Å². The highest BCUT2D eigenvalue weighted by Gasteiger charge is 1.82. The minimum absolute atomic E-state index is 0.241. The predicted molar refractivity (Wildman–Crippen MR) is 21.7 cm³/mol. The average Bonchev–Trinajstić information content (AvgIpc) is 1.38. The lowest BCUT2D eigenvalue weighted by atomic mass is 10.3. The molecule has 0 rings (SSSR count). The van der Waals surface area contributed by atoms with Crippen LogP contribution in [0.25, 0.3) is 0 Å². The number of rotatable bonds is 1. The molecular weight excluding hydrogens is 64.0 g/mol. The molecule has 0 aromatic rings. The van der Waals surface area contributed by atoms with Gasteiger partial charge in [0.2, 0.25) is 0 Å². The smallest absolute Gasteiger partial charge is 0.0541 e. The van der Waals surface area contributed by atoms with Crippen LogP contribution in [-0.4, -0.2) is 11.2 Å². The summed E-state index contributed by atoms with van der Waals surface area (Å²) in [5.74, 6) is 0. The van der Waals surface area contributed by atoms with Gasteiger partial charge in [0.1, 0.15) is 0 Å². The van der Waals surface area contributed by atoms with Gasteiger partial charge in [0.15, 0.2) is 0 Å². The molecule has 0 aliphatic rings. The van der Waals surface area contributed by atoms with E-state index in [0.717, 1.165) is 0 Å². The van der Waals surface area contributed by atoms with E-state index in [2.05, 4.69) is 0 Å². The van der Waals surface area contributed by atoms with E-state index in [9.17, 15) is 0 Å². The van der Waals surface area contributed by atoms with Crippen LogP contribution in [0, 0.1) is 6.42 Å². The summed E-state index contributed by atoms with van der Waals surface area (Å²) in [6.07, 6.45) is 1.48. The van der Waals surface area contributed by atoms with Crippen LogP contribution >= 0.6 is 0 Å². The van der Waals surface area contributed by atoms with Crippen molar-refractivity contribution in [3.05, 3.63) is 6.42 Å². The quantitative estimate of drug-likeness (QED) is 0.481. The summed E-state index contributed by atoms with van der Waals surface area (Å²) in [7, 11) is 0. The van der Waals surface area contributed by atoms with Gasteiger partial charge in [-0.15, -0.1) is 0 Å². The third-order valence-electron chi connectivity index (χ3n) is 0.482. The van der Waals surface area contributed by atoms with Gasteiger partial charge in [-0.2, -0.15) is 0 Å². The Balaban J connectivity index is 2.54. The Labute approximate surface area is 32.6 Å². The number of aliphatic hydroxyl groups is 1. The Morgan fingerprint density at radius 1 is 1.80 bits per heavy atom. The topological polar surface area (TPSA) is 20.2 Å². The summed E-state index contributed by atoms with van der Waals surface area (Å²) in [5.41, 5.74) is 0. The van der Waals surface area contributed by atoms with Gasteiger partial charge in [-0.25, -0.2) is 0 Å². The van der Waals surface area contributed by atoms with Crippen molar-refractivity contribution in [3.63, 3.8) is 0 Å². The summed E-state index contributed by atoms with van der Waals surface area (Å²) < 4.78 is 0. The molecule has 0 unspecified atom stereocenters. The summed E-state index contributed by atoms with van der Waals surface area (Å²) in [6, 6.07) is 0. The summed E-state index contributed by atoms with van der Waals surface area (Å²) in [4.78, 5) is 0. The molecule has 0 saturated heterocycles. The first kappa shape index (κ1) is 4.96. The molecule has 1 radical (unpaired) electrons. The SMILES string of the molecule is C[CH][C@@H](C)O. The van der Waals surface area contributed by atoms with Crippen LogP contribution < -0.4 is 0 Å². The third kappa shape index (κ3) is 3.96. The maximum atomic E-state index is 8.31. The van der Waals surface area contributed by atoms with Crippen LogP contribution in [0.15, 0.2) is 0 Å². The van der Waals surface area contributed by atoms with Gasteiger partial charge in [-0.3, -0.25) is 0 Å². The van der Waals surface area contributed by atoms with Crippen molar-refractivity contribution in [1.29, 1.82) is 0 Å². The molecule has 0 aliphatic heterocycles. The fourth-order valence-electron chi connectivity index (χ4n) is 0. The molecule has 1 heteroatoms. The third-order valence-corrected chi connectivity index (χ3v) is 0.482. The van der Waals surface area contributed by atoms with E-state index >= 15 is 0 Å². The molecule has 0 bridgehead atoms. The first-order valence-electron chi connectivity index (χ1n) is 1.75. The van der Waals surface area contributed by atoms with E-state index in [-0.39, 0.29) is 6.10 Å². The van der Waals surface area contributed by atoms with Gasteiger partial charge in [0.25, 0.3) is 0 Å². The molecule has 0 aromatic carbocycles. The minimum atomic E-state index is -0.241. The van der Waals surface area contributed by atoms with Crippen molar-refractivity contribution in [2.75, 3.05) is 0 Å². The second kappa shape index (κ2) is 2.21. The first-order valence-corrected chi connectivity index (χ1v) is 1.75. The maximum absolute atomic E-state index is 8.31. The van der Waals surface area contributed by atoms with Crippen LogP contribution in [0.5, 0.6) is 0 Å². The summed E-state index contributed by atoms with van der Waals surface area (Å²) >= 11 is 0. The van der Waals surface area contributed by atoms with Gasteiger partial charge in [0.05, 0.1) is 6.10 Å². The molecule has 1 atom stereocenters. The lowest BCUT2D eigenvalue weighted by molar-refractivity contribution is 0.228. The van der Waals surface area contributed by atoms with Gasteiger partial charge < -0.3 is 5.11 Å². The van der Waals surface area contributed by atoms with Crippen molar-refractivity contribution in [3.8, 4) is 0 Å². The first-order chi connectivity index (χ1) is 2.27. The summed E-state index contributed by atoms with van der Waals surface area (Å²) in [6.45, 7) is 3.55. The van der Waals surface area contributed by atoms with Crippen LogP contribution in [0.3, 0.4) is 0 Å². The summed E-state index contributed by atoms with van der Waals surface area (Å²) in [5, 5.41) is 8.31. The van der Waals surface area contributed by atoms with E-state index in [1.165, 1.54) is 0 Å².